The summed E-state index contributed by atoms with van der Waals surface area (Å²) in [7, 11) is 2.70. The summed E-state index contributed by atoms with van der Waals surface area (Å²) in [6.07, 6.45) is 0. The van der Waals surface area contributed by atoms with Gasteiger partial charge in [-0.15, -0.1) is 0 Å². The third-order valence-corrected chi connectivity index (χ3v) is 3.31. The van der Waals surface area contributed by atoms with E-state index in [9.17, 15) is 8.42 Å². The minimum atomic E-state index is -3.93. The zero-order chi connectivity index (χ0) is 11.5. The lowest BCUT2D eigenvalue weighted by molar-refractivity contribution is 0.0491. The molecular formula is C8H8Cl2O4S. The highest BCUT2D eigenvalue weighted by Gasteiger charge is 2.20. The average Bonchev–Trinajstić information content (AvgIpc) is 2.12. The van der Waals surface area contributed by atoms with Crippen LogP contribution in [0.1, 0.15) is 0 Å². The molecule has 0 fully saturated rings. The van der Waals surface area contributed by atoms with Gasteiger partial charge >= 0.3 is 0 Å². The standard InChI is InChI=1S/C8H8Cl2O4S/c1-13-5-14-7-4-2-3-6(9)8(7)15(10,11)12/h2-4H,5H2,1H3. The molecule has 0 saturated heterocycles. The van der Waals surface area contributed by atoms with Crippen molar-refractivity contribution >= 4 is 31.3 Å². The topological polar surface area (TPSA) is 52.6 Å². The van der Waals surface area contributed by atoms with Crippen molar-refractivity contribution in [3.8, 4) is 5.75 Å². The summed E-state index contributed by atoms with van der Waals surface area (Å²) in [5.41, 5.74) is 0. The van der Waals surface area contributed by atoms with Crippen LogP contribution in [0, 0.1) is 0 Å². The van der Waals surface area contributed by atoms with Gasteiger partial charge in [-0.2, -0.15) is 0 Å². The Morgan fingerprint density at radius 1 is 1.40 bits per heavy atom. The third kappa shape index (κ3) is 3.24. The van der Waals surface area contributed by atoms with E-state index in [-0.39, 0.29) is 22.5 Å². The summed E-state index contributed by atoms with van der Waals surface area (Å²) in [5.74, 6) is 0.0688. The van der Waals surface area contributed by atoms with Crippen LogP contribution >= 0.6 is 22.3 Å². The van der Waals surface area contributed by atoms with Crippen molar-refractivity contribution in [1.82, 2.24) is 0 Å². The molecule has 84 valence electrons. The molecule has 0 saturated carbocycles. The summed E-state index contributed by atoms with van der Waals surface area (Å²) >= 11 is 5.71. The molecule has 1 rings (SSSR count). The van der Waals surface area contributed by atoms with Gasteiger partial charge in [0.15, 0.2) is 6.79 Å². The van der Waals surface area contributed by atoms with Gasteiger partial charge in [0.2, 0.25) is 0 Å². The Kier molecular flexibility index (Phi) is 4.21. The molecule has 0 aliphatic carbocycles. The second-order valence-electron chi connectivity index (χ2n) is 2.56. The van der Waals surface area contributed by atoms with Gasteiger partial charge in [0.25, 0.3) is 9.05 Å². The monoisotopic (exact) mass is 270 g/mol. The van der Waals surface area contributed by atoms with Crippen LogP contribution < -0.4 is 4.74 Å². The van der Waals surface area contributed by atoms with E-state index in [1.807, 2.05) is 0 Å². The lowest BCUT2D eigenvalue weighted by atomic mass is 10.3. The number of halogens is 2. The summed E-state index contributed by atoms with van der Waals surface area (Å²) in [4.78, 5) is -0.245. The molecule has 0 aliphatic rings. The normalized spacial score (nSPS) is 11.4. The molecule has 4 nitrogen and oxygen atoms in total. The fourth-order valence-corrected chi connectivity index (χ4v) is 2.70. The zero-order valence-corrected chi connectivity index (χ0v) is 10.1. The van der Waals surface area contributed by atoms with E-state index in [0.717, 1.165) is 0 Å². The van der Waals surface area contributed by atoms with Gasteiger partial charge in [0, 0.05) is 17.8 Å². The van der Waals surface area contributed by atoms with Gasteiger partial charge < -0.3 is 9.47 Å². The minimum absolute atomic E-state index is 0.0126. The van der Waals surface area contributed by atoms with Crippen LogP contribution in [0.3, 0.4) is 0 Å². The van der Waals surface area contributed by atoms with Crippen molar-refractivity contribution in [3.63, 3.8) is 0 Å². The van der Waals surface area contributed by atoms with Gasteiger partial charge in [-0.1, -0.05) is 17.7 Å². The van der Waals surface area contributed by atoms with Gasteiger partial charge in [0.1, 0.15) is 10.6 Å². The first kappa shape index (κ1) is 12.6. The van der Waals surface area contributed by atoms with Crippen molar-refractivity contribution in [2.45, 2.75) is 4.90 Å². The highest BCUT2D eigenvalue weighted by atomic mass is 35.7. The fraction of sp³-hybridized carbons (Fsp3) is 0.250. The number of rotatable bonds is 4. The van der Waals surface area contributed by atoms with E-state index in [4.69, 9.17) is 27.0 Å². The van der Waals surface area contributed by atoms with Crippen LogP contribution in [0.15, 0.2) is 23.1 Å². The third-order valence-electron chi connectivity index (χ3n) is 1.51. The van der Waals surface area contributed by atoms with Crippen LogP contribution in [-0.2, 0) is 13.8 Å². The van der Waals surface area contributed by atoms with Gasteiger partial charge in [-0.25, -0.2) is 8.42 Å². The second kappa shape index (κ2) is 5.03. The quantitative estimate of drug-likeness (QED) is 0.622. The summed E-state index contributed by atoms with van der Waals surface area (Å²) in [6, 6.07) is 4.41. The molecule has 0 spiro atoms. The maximum absolute atomic E-state index is 11.2. The van der Waals surface area contributed by atoms with Crippen molar-refractivity contribution in [3.05, 3.63) is 23.2 Å². The van der Waals surface area contributed by atoms with E-state index in [0.29, 0.717) is 0 Å². The first-order valence-corrected chi connectivity index (χ1v) is 6.50. The molecule has 0 bridgehead atoms. The van der Waals surface area contributed by atoms with Crippen LogP contribution in [0.4, 0.5) is 0 Å². The Bertz CT molecular complexity index is 444. The largest absolute Gasteiger partial charge is 0.466 e. The fourth-order valence-electron chi connectivity index (χ4n) is 0.962. The Morgan fingerprint density at radius 2 is 2.07 bits per heavy atom. The summed E-state index contributed by atoms with van der Waals surface area (Å²) in [5, 5.41) is 0.0126. The number of benzene rings is 1. The predicted molar refractivity (Wildman–Crippen MR) is 57.0 cm³/mol. The first-order chi connectivity index (χ1) is 6.96. The first-order valence-electron chi connectivity index (χ1n) is 3.81. The molecule has 0 N–H and O–H groups in total. The van der Waals surface area contributed by atoms with Crippen LogP contribution in [0.25, 0.3) is 0 Å². The van der Waals surface area contributed by atoms with E-state index in [1.165, 1.54) is 19.2 Å². The second-order valence-corrected chi connectivity index (χ2v) is 5.47. The molecule has 0 radical (unpaired) electrons. The maximum atomic E-state index is 11.2. The molecule has 0 unspecified atom stereocenters. The Labute approximate surface area is 97.1 Å². The van der Waals surface area contributed by atoms with Crippen molar-refractivity contribution in [2.75, 3.05) is 13.9 Å². The molecule has 15 heavy (non-hydrogen) atoms. The SMILES string of the molecule is COCOc1cccc(Cl)c1S(=O)(=O)Cl. The molecule has 1 aromatic rings. The molecule has 0 aliphatic heterocycles. The van der Waals surface area contributed by atoms with Crippen LogP contribution in [0.5, 0.6) is 5.75 Å². The predicted octanol–water partition coefficient (Wildman–Crippen LogP) is 2.25. The molecule has 0 atom stereocenters. The van der Waals surface area contributed by atoms with Crippen LogP contribution in [-0.4, -0.2) is 22.3 Å². The smallest absolute Gasteiger partial charge is 0.266 e. The van der Waals surface area contributed by atoms with Gasteiger partial charge in [0.05, 0.1) is 5.02 Å². The van der Waals surface area contributed by atoms with Crippen LogP contribution in [0.2, 0.25) is 5.02 Å². The Hall–Kier alpha value is -0.490. The van der Waals surface area contributed by atoms with E-state index in [1.54, 1.807) is 6.07 Å². The molecule has 1 aromatic carbocycles. The minimum Gasteiger partial charge on any atom is -0.466 e. The number of hydrogen-bond donors (Lipinski definition) is 0. The number of methoxy groups -OCH3 is 1. The average molecular weight is 271 g/mol. The zero-order valence-electron chi connectivity index (χ0n) is 7.74. The maximum Gasteiger partial charge on any atom is 0.266 e. The van der Waals surface area contributed by atoms with Crippen molar-refractivity contribution < 1.29 is 17.9 Å². The number of hydrogen-bond acceptors (Lipinski definition) is 4. The highest BCUT2D eigenvalue weighted by molar-refractivity contribution is 8.14. The summed E-state index contributed by atoms with van der Waals surface area (Å²) in [6.45, 7) is -0.0836. The van der Waals surface area contributed by atoms with Gasteiger partial charge in [-0.05, 0) is 12.1 Å². The Morgan fingerprint density at radius 3 is 2.60 bits per heavy atom. The molecule has 7 heteroatoms. The summed E-state index contributed by atoms with van der Waals surface area (Å²) < 4.78 is 32.1. The molecular weight excluding hydrogens is 263 g/mol. The lowest BCUT2D eigenvalue weighted by Crippen LogP contribution is -2.03. The van der Waals surface area contributed by atoms with E-state index < -0.39 is 9.05 Å². The molecule has 0 heterocycles. The van der Waals surface area contributed by atoms with Gasteiger partial charge in [-0.3, -0.25) is 0 Å². The van der Waals surface area contributed by atoms with E-state index >= 15 is 0 Å². The lowest BCUT2D eigenvalue weighted by Gasteiger charge is -2.09. The van der Waals surface area contributed by atoms with E-state index in [2.05, 4.69) is 4.74 Å². The molecule has 0 amide bonds. The Balaban J connectivity index is 3.21. The van der Waals surface area contributed by atoms with Crippen molar-refractivity contribution in [1.29, 1.82) is 0 Å². The highest BCUT2D eigenvalue weighted by Crippen LogP contribution is 2.33. The van der Waals surface area contributed by atoms with Crippen molar-refractivity contribution in [2.24, 2.45) is 0 Å². The molecule has 0 aromatic heterocycles. The number of ether oxygens (including phenoxy) is 2.